The molecule has 0 radical (unpaired) electrons. The van der Waals surface area contributed by atoms with E-state index in [2.05, 4.69) is 52.0 Å². The van der Waals surface area contributed by atoms with Crippen LogP contribution in [0.1, 0.15) is 37.8 Å². The Morgan fingerprint density at radius 2 is 1.86 bits per heavy atom. The molecule has 0 aliphatic heterocycles. The summed E-state index contributed by atoms with van der Waals surface area (Å²) in [6, 6.07) is 4.62. The van der Waals surface area contributed by atoms with Gasteiger partial charge in [-0.3, -0.25) is 0 Å². The second kappa shape index (κ2) is 3.27. The SMILES string of the molecule is Cc1cc(C(C)C)c2c(c1)=CC(C)C=2. The highest BCUT2D eigenvalue weighted by Gasteiger charge is 2.08. The van der Waals surface area contributed by atoms with Crippen molar-refractivity contribution in [2.45, 2.75) is 33.6 Å². The fourth-order valence-corrected chi connectivity index (χ4v) is 2.26. The number of hydrogen-bond acceptors (Lipinski definition) is 0. The van der Waals surface area contributed by atoms with Crippen molar-refractivity contribution in [2.75, 3.05) is 0 Å². The van der Waals surface area contributed by atoms with Gasteiger partial charge in [-0.15, -0.1) is 0 Å². The maximum absolute atomic E-state index is 2.38. The molecule has 1 aromatic rings. The van der Waals surface area contributed by atoms with Gasteiger partial charge in [0.25, 0.3) is 0 Å². The predicted octanol–water partition coefficient (Wildman–Crippen LogP) is 2.33. The molecule has 0 saturated heterocycles. The third-order valence-electron chi connectivity index (χ3n) is 2.88. The van der Waals surface area contributed by atoms with Crippen LogP contribution in [-0.2, 0) is 0 Å². The number of benzene rings is 1. The third-order valence-corrected chi connectivity index (χ3v) is 2.88. The number of aryl methyl sites for hydroxylation is 1. The third kappa shape index (κ3) is 1.50. The molecule has 0 aromatic heterocycles. The van der Waals surface area contributed by atoms with E-state index in [0.29, 0.717) is 11.8 Å². The van der Waals surface area contributed by atoms with Gasteiger partial charge in [-0.2, -0.15) is 0 Å². The van der Waals surface area contributed by atoms with Crippen LogP contribution in [0.4, 0.5) is 0 Å². The number of hydrogen-bond donors (Lipinski definition) is 0. The quantitative estimate of drug-likeness (QED) is 0.631. The second-order valence-electron chi connectivity index (χ2n) is 4.70. The van der Waals surface area contributed by atoms with E-state index in [4.69, 9.17) is 0 Å². The second-order valence-corrected chi connectivity index (χ2v) is 4.70. The first-order valence-electron chi connectivity index (χ1n) is 5.42. The zero-order chi connectivity index (χ0) is 10.3. The molecule has 74 valence electrons. The largest absolute Gasteiger partial charge is 0.0700 e. The first kappa shape index (κ1) is 9.51. The van der Waals surface area contributed by atoms with E-state index in [9.17, 15) is 0 Å². The Hall–Kier alpha value is -1.04. The van der Waals surface area contributed by atoms with Gasteiger partial charge < -0.3 is 0 Å². The van der Waals surface area contributed by atoms with Crippen LogP contribution in [0, 0.1) is 12.8 Å². The molecule has 0 amide bonds. The summed E-state index contributed by atoms with van der Waals surface area (Å²) in [6.07, 6.45) is 4.73. The minimum absolute atomic E-state index is 0.601. The van der Waals surface area contributed by atoms with Crippen molar-refractivity contribution in [1.29, 1.82) is 0 Å². The minimum atomic E-state index is 0.601. The molecule has 0 nitrogen and oxygen atoms in total. The van der Waals surface area contributed by atoms with Gasteiger partial charge in [0.05, 0.1) is 0 Å². The molecule has 1 aliphatic carbocycles. The first-order chi connectivity index (χ1) is 6.58. The van der Waals surface area contributed by atoms with Crippen molar-refractivity contribution in [1.82, 2.24) is 0 Å². The van der Waals surface area contributed by atoms with E-state index in [1.807, 2.05) is 0 Å². The lowest BCUT2D eigenvalue weighted by Crippen LogP contribution is -2.26. The van der Waals surface area contributed by atoms with Gasteiger partial charge in [0, 0.05) is 0 Å². The summed E-state index contributed by atoms with van der Waals surface area (Å²) in [5, 5.41) is 2.90. The zero-order valence-electron chi connectivity index (χ0n) is 9.46. The molecule has 0 saturated carbocycles. The highest BCUT2D eigenvalue weighted by atomic mass is 14.1. The van der Waals surface area contributed by atoms with Gasteiger partial charge in [-0.1, -0.05) is 50.6 Å². The molecule has 0 N–H and O–H groups in total. The number of fused-ring (bicyclic) bond motifs is 1. The molecule has 0 heterocycles. The fraction of sp³-hybridized carbons (Fsp3) is 0.429. The van der Waals surface area contributed by atoms with Gasteiger partial charge in [-0.25, -0.2) is 0 Å². The van der Waals surface area contributed by atoms with E-state index in [1.165, 1.54) is 21.6 Å². The van der Waals surface area contributed by atoms with E-state index in [0.717, 1.165) is 0 Å². The zero-order valence-corrected chi connectivity index (χ0v) is 9.46. The minimum Gasteiger partial charge on any atom is -0.0700 e. The van der Waals surface area contributed by atoms with Crippen molar-refractivity contribution in [2.24, 2.45) is 5.92 Å². The maximum atomic E-state index is 2.38. The number of rotatable bonds is 1. The molecule has 0 spiro atoms. The molecule has 1 atom stereocenters. The monoisotopic (exact) mass is 186 g/mol. The summed E-state index contributed by atoms with van der Waals surface area (Å²) in [5.41, 5.74) is 2.88. The first-order valence-corrected chi connectivity index (χ1v) is 5.42. The molecule has 0 fully saturated rings. The molecule has 1 unspecified atom stereocenters. The lowest BCUT2D eigenvalue weighted by molar-refractivity contribution is 0.854. The molecule has 1 aromatic carbocycles. The van der Waals surface area contributed by atoms with Crippen LogP contribution in [0.5, 0.6) is 0 Å². The lowest BCUT2D eigenvalue weighted by Gasteiger charge is -2.07. The fourth-order valence-electron chi connectivity index (χ4n) is 2.26. The average molecular weight is 186 g/mol. The van der Waals surface area contributed by atoms with Gasteiger partial charge in [0.15, 0.2) is 0 Å². The van der Waals surface area contributed by atoms with Crippen LogP contribution < -0.4 is 10.4 Å². The summed E-state index contributed by atoms with van der Waals surface area (Å²) in [7, 11) is 0. The Balaban J connectivity index is 2.77. The maximum Gasteiger partial charge on any atom is -0.00634 e. The van der Waals surface area contributed by atoms with Crippen molar-refractivity contribution < 1.29 is 0 Å². The van der Waals surface area contributed by atoms with Gasteiger partial charge in [0.1, 0.15) is 0 Å². The lowest BCUT2D eigenvalue weighted by atomic mass is 9.98. The van der Waals surface area contributed by atoms with E-state index in [1.54, 1.807) is 0 Å². The standard InChI is InChI=1S/C14H18/c1-9(2)13-7-10(3)5-12-6-11(4)8-14(12)13/h5-9,11H,1-4H3. The van der Waals surface area contributed by atoms with Gasteiger partial charge in [0.2, 0.25) is 0 Å². The van der Waals surface area contributed by atoms with Crippen LogP contribution in [0.3, 0.4) is 0 Å². The van der Waals surface area contributed by atoms with Crippen LogP contribution >= 0.6 is 0 Å². The smallest absolute Gasteiger partial charge is 0.00634 e. The molecule has 14 heavy (non-hydrogen) atoms. The van der Waals surface area contributed by atoms with Crippen LogP contribution in [-0.4, -0.2) is 0 Å². The average Bonchev–Trinajstić information content (AvgIpc) is 2.42. The summed E-state index contributed by atoms with van der Waals surface area (Å²) >= 11 is 0. The highest BCUT2D eigenvalue weighted by Crippen LogP contribution is 2.12. The van der Waals surface area contributed by atoms with Crippen LogP contribution in [0.25, 0.3) is 12.2 Å². The molecule has 2 rings (SSSR count). The Labute approximate surface area is 86.0 Å². The molecule has 1 aliphatic rings. The highest BCUT2D eigenvalue weighted by molar-refractivity contribution is 5.53. The van der Waals surface area contributed by atoms with E-state index < -0.39 is 0 Å². The molecule has 0 heteroatoms. The summed E-state index contributed by atoms with van der Waals surface area (Å²) in [4.78, 5) is 0. The Morgan fingerprint density at radius 1 is 1.14 bits per heavy atom. The van der Waals surface area contributed by atoms with Gasteiger partial charge >= 0.3 is 0 Å². The van der Waals surface area contributed by atoms with Gasteiger partial charge in [-0.05, 0) is 34.8 Å². The van der Waals surface area contributed by atoms with Crippen molar-refractivity contribution in [3.05, 3.63) is 33.7 Å². The molecule has 0 bridgehead atoms. The summed E-state index contributed by atoms with van der Waals surface area (Å²) < 4.78 is 0. The normalized spacial score (nSPS) is 19.1. The van der Waals surface area contributed by atoms with Crippen LogP contribution in [0.15, 0.2) is 12.1 Å². The van der Waals surface area contributed by atoms with Crippen molar-refractivity contribution in [3.63, 3.8) is 0 Å². The Bertz CT molecular complexity index is 464. The van der Waals surface area contributed by atoms with Crippen LogP contribution in [0.2, 0.25) is 0 Å². The summed E-state index contributed by atoms with van der Waals surface area (Å²) in [6.45, 7) is 8.97. The Morgan fingerprint density at radius 3 is 2.50 bits per heavy atom. The van der Waals surface area contributed by atoms with Crippen molar-refractivity contribution >= 4 is 12.2 Å². The van der Waals surface area contributed by atoms with E-state index >= 15 is 0 Å². The Kier molecular flexibility index (Phi) is 2.22. The topological polar surface area (TPSA) is 0 Å². The molecular weight excluding hydrogens is 168 g/mol. The molecular formula is C14H18. The summed E-state index contributed by atoms with van der Waals surface area (Å²) in [5.74, 6) is 1.22. The van der Waals surface area contributed by atoms with Crippen molar-refractivity contribution in [3.8, 4) is 0 Å². The predicted molar refractivity (Wildman–Crippen MR) is 62.6 cm³/mol. The van der Waals surface area contributed by atoms with E-state index in [-0.39, 0.29) is 0 Å².